The highest BCUT2D eigenvalue weighted by Gasteiger charge is 2.20. The highest BCUT2D eigenvalue weighted by molar-refractivity contribution is 5.84. The van der Waals surface area contributed by atoms with E-state index < -0.39 is 0 Å². The Morgan fingerprint density at radius 1 is 1.00 bits per heavy atom. The van der Waals surface area contributed by atoms with E-state index in [9.17, 15) is 0 Å². The average molecular weight is 318 g/mol. The van der Waals surface area contributed by atoms with Gasteiger partial charge in [-0.15, -0.1) is 0 Å². The molecule has 0 amide bonds. The zero-order valence-electron chi connectivity index (χ0n) is 14.7. The monoisotopic (exact) mass is 318 g/mol. The smallest absolute Gasteiger partial charge is 0.162 e. The lowest BCUT2D eigenvalue weighted by Crippen LogP contribution is -2.16. The van der Waals surface area contributed by atoms with Crippen molar-refractivity contribution in [2.45, 2.75) is 39.5 Å². The maximum atomic E-state index is 5.41. The van der Waals surface area contributed by atoms with Gasteiger partial charge in [0, 0.05) is 36.3 Å². The second-order valence-electron chi connectivity index (χ2n) is 5.28. The van der Waals surface area contributed by atoms with Gasteiger partial charge in [0.1, 0.15) is 5.82 Å². The molecule has 5 heteroatoms. The molecule has 0 bridgehead atoms. The number of hydrogen-bond donors (Lipinski definition) is 0. The Morgan fingerprint density at radius 2 is 1.61 bits per heavy atom. The average Bonchev–Trinajstić information content (AvgIpc) is 2.63. The molecule has 1 aliphatic heterocycles. The van der Waals surface area contributed by atoms with E-state index in [0.717, 1.165) is 48.5 Å². The van der Waals surface area contributed by atoms with Gasteiger partial charge >= 0.3 is 0 Å². The molecular weight excluding hydrogens is 292 g/mol. The third kappa shape index (κ3) is 3.72. The van der Waals surface area contributed by atoms with Crippen molar-refractivity contribution < 1.29 is 14.2 Å². The van der Waals surface area contributed by atoms with Crippen LogP contribution in [0.5, 0.6) is 11.5 Å². The van der Waals surface area contributed by atoms with E-state index in [-0.39, 0.29) is 0 Å². The molecule has 0 radical (unpaired) electrons. The number of aryl methyl sites for hydroxylation is 1. The van der Waals surface area contributed by atoms with Gasteiger partial charge in [-0.3, -0.25) is 0 Å². The molecule has 126 valence electrons. The summed E-state index contributed by atoms with van der Waals surface area (Å²) in [6.07, 6.45) is 1.97. The molecule has 1 fully saturated rings. The number of benzene rings is 1. The van der Waals surface area contributed by atoms with Crippen LogP contribution in [0.15, 0.2) is 12.1 Å². The van der Waals surface area contributed by atoms with Crippen molar-refractivity contribution in [3.63, 3.8) is 0 Å². The number of rotatable bonds is 3. The number of ether oxygens (including phenoxy) is 3. The van der Waals surface area contributed by atoms with Crippen LogP contribution in [0.2, 0.25) is 0 Å². The van der Waals surface area contributed by atoms with Crippen molar-refractivity contribution in [2.24, 2.45) is 0 Å². The molecule has 1 aromatic carbocycles. The molecule has 0 N–H and O–H groups in total. The predicted molar refractivity (Wildman–Crippen MR) is 91.5 cm³/mol. The summed E-state index contributed by atoms with van der Waals surface area (Å²) < 4.78 is 16.1. The lowest BCUT2D eigenvalue weighted by molar-refractivity contribution is 0.0836. The lowest BCUT2D eigenvalue weighted by Gasteiger charge is -2.21. The second-order valence-corrected chi connectivity index (χ2v) is 5.28. The van der Waals surface area contributed by atoms with E-state index in [1.807, 2.05) is 32.9 Å². The summed E-state index contributed by atoms with van der Waals surface area (Å²) in [5.41, 5.74) is 1.88. The number of aromatic nitrogens is 2. The standard InChI is InChI=1S/C16H20N2O3.C2H6/c1-10-12-8-14(19-2)15(20-3)9-13(12)18-16(17-10)11-4-6-21-7-5-11;1-2/h8-9,11H,4-7H2,1-3H3;1-2H3. The fourth-order valence-electron chi connectivity index (χ4n) is 2.77. The van der Waals surface area contributed by atoms with E-state index >= 15 is 0 Å². The molecule has 3 rings (SSSR count). The Morgan fingerprint density at radius 3 is 2.22 bits per heavy atom. The largest absolute Gasteiger partial charge is 0.493 e. The molecule has 23 heavy (non-hydrogen) atoms. The van der Waals surface area contributed by atoms with E-state index in [1.54, 1.807) is 14.2 Å². The highest BCUT2D eigenvalue weighted by Crippen LogP contribution is 2.33. The zero-order valence-corrected chi connectivity index (χ0v) is 14.7. The topological polar surface area (TPSA) is 53.5 Å². The molecule has 2 aromatic rings. The third-order valence-electron chi connectivity index (χ3n) is 4.00. The van der Waals surface area contributed by atoms with Crippen molar-refractivity contribution in [2.75, 3.05) is 27.4 Å². The molecule has 0 unspecified atom stereocenters. The summed E-state index contributed by atoms with van der Waals surface area (Å²) in [7, 11) is 3.27. The fraction of sp³-hybridized carbons (Fsp3) is 0.556. The summed E-state index contributed by atoms with van der Waals surface area (Å²) >= 11 is 0. The van der Waals surface area contributed by atoms with E-state index in [1.165, 1.54) is 0 Å². The second kappa shape index (κ2) is 8.11. The van der Waals surface area contributed by atoms with Crippen LogP contribution in [0.1, 0.15) is 44.1 Å². The minimum Gasteiger partial charge on any atom is -0.493 e. The van der Waals surface area contributed by atoms with Crippen molar-refractivity contribution in [1.29, 1.82) is 0 Å². The van der Waals surface area contributed by atoms with Crippen LogP contribution >= 0.6 is 0 Å². The minimum absolute atomic E-state index is 0.384. The quantitative estimate of drug-likeness (QED) is 0.859. The number of nitrogens with zero attached hydrogens (tertiary/aromatic N) is 2. The normalized spacial score (nSPS) is 15.0. The third-order valence-corrected chi connectivity index (χ3v) is 4.00. The molecule has 2 heterocycles. The lowest BCUT2D eigenvalue weighted by atomic mass is 9.99. The molecule has 0 aliphatic carbocycles. The zero-order chi connectivity index (χ0) is 16.8. The number of fused-ring (bicyclic) bond motifs is 1. The van der Waals surface area contributed by atoms with Crippen LogP contribution in [0.3, 0.4) is 0 Å². The number of methoxy groups -OCH3 is 2. The molecule has 5 nitrogen and oxygen atoms in total. The first kappa shape index (κ1) is 17.5. The van der Waals surface area contributed by atoms with Gasteiger partial charge in [-0.2, -0.15) is 0 Å². The summed E-state index contributed by atoms with van der Waals surface area (Å²) in [6, 6.07) is 3.86. The summed E-state index contributed by atoms with van der Waals surface area (Å²) in [5, 5.41) is 1.00. The molecule has 1 aliphatic rings. The Labute approximate surface area is 138 Å². The molecule has 0 spiro atoms. The minimum atomic E-state index is 0.384. The fourth-order valence-corrected chi connectivity index (χ4v) is 2.77. The van der Waals surface area contributed by atoms with E-state index in [0.29, 0.717) is 17.4 Å². The van der Waals surface area contributed by atoms with Gasteiger partial charge in [-0.1, -0.05) is 13.8 Å². The van der Waals surface area contributed by atoms with Crippen LogP contribution < -0.4 is 9.47 Å². The summed E-state index contributed by atoms with van der Waals surface area (Å²) in [4.78, 5) is 9.43. The molecule has 0 saturated carbocycles. The summed E-state index contributed by atoms with van der Waals surface area (Å²) in [5.74, 6) is 2.70. The Bertz CT molecular complexity index is 652. The Balaban J connectivity index is 0.000000924. The van der Waals surface area contributed by atoms with Gasteiger partial charge in [0.2, 0.25) is 0 Å². The van der Waals surface area contributed by atoms with E-state index in [4.69, 9.17) is 24.2 Å². The first-order valence-electron chi connectivity index (χ1n) is 8.21. The Kier molecular flexibility index (Phi) is 6.16. The Hall–Kier alpha value is -1.88. The predicted octanol–water partition coefficient (Wildman–Crippen LogP) is 3.88. The first-order valence-corrected chi connectivity index (χ1v) is 8.21. The molecule has 0 atom stereocenters. The van der Waals surface area contributed by atoms with Crippen LogP contribution in [-0.4, -0.2) is 37.4 Å². The van der Waals surface area contributed by atoms with Crippen molar-refractivity contribution in [3.05, 3.63) is 23.7 Å². The van der Waals surface area contributed by atoms with Gasteiger partial charge in [0.15, 0.2) is 11.5 Å². The van der Waals surface area contributed by atoms with Gasteiger partial charge in [0.05, 0.1) is 19.7 Å². The van der Waals surface area contributed by atoms with Crippen LogP contribution in [-0.2, 0) is 4.74 Å². The molecule has 1 saturated heterocycles. The first-order chi connectivity index (χ1) is 11.2. The van der Waals surface area contributed by atoms with Gasteiger partial charge < -0.3 is 14.2 Å². The van der Waals surface area contributed by atoms with Crippen LogP contribution in [0.4, 0.5) is 0 Å². The molecule has 1 aromatic heterocycles. The van der Waals surface area contributed by atoms with Crippen molar-refractivity contribution in [3.8, 4) is 11.5 Å². The maximum Gasteiger partial charge on any atom is 0.162 e. The SMILES string of the molecule is CC.COc1cc2nc(C3CCOCC3)nc(C)c2cc1OC. The van der Waals surface area contributed by atoms with Gasteiger partial charge in [-0.05, 0) is 25.8 Å². The number of hydrogen-bond acceptors (Lipinski definition) is 5. The van der Waals surface area contributed by atoms with Gasteiger partial charge in [0.25, 0.3) is 0 Å². The molecular formula is C18H26N2O3. The van der Waals surface area contributed by atoms with Crippen molar-refractivity contribution >= 4 is 10.9 Å². The summed E-state index contributed by atoms with van der Waals surface area (Å²) in [6.45, 7) is 7.59. The van der Waals surface area contributed by atoms with Crippen LogP contribution in [0, 0.1) is 6.92 Å². The highest BCUT2D eigenvalue weighted by atomic mass is 16.5. The van der Waals surface area contributed by atoms with E-state index in [2.05, 4.69) is 0 Å². The van der Waals surface area contributed by atoms with Crippen molar-refractivity contribution in [1.82, 2.24) is 9.97 Å². The van der Waals surface area contributed by atoms with Crippen LogP contribution in [0.25, 0.3) is 10.9 Å². The van der Waals surface area contributed by atoms with Gasteiger partial charge in [-0.25, -0.2) is 9.97 Å². The maximum absolute atomic E-state index is 5.41.